The zero-order chi connectivity index (χ0) is 25.4. The highest BCUT2D eigenvalue weighted by atomic mass is 19.3. The largest absolute Gasteiger partial charge is 0.300 e. The fourth-order valence-corrected chi connectivity index (χ4v) is 5.65. The molecule has 0 amide bonds. The Morgan fingerprint density at radius 3 is 2.27 bits per heavy atom. The molecule has 37 heavy (non-hydrogen) atoms. The van der Waals surface area contributed by atoms with Crippen LogP contribution in [0.3, 0.4) is 0 Å². The van der Waals surface area contributed by atoms with Crippen molar-refractivity contribution < 1.29 is 8.78 Å². The average Bonchev–Trinajstić information content (AvgIpc) is 3.59. The van der Waals surface area contributed by atoms with E-state index in [1.165, 1.54) is 0 Å². The Morgan fingerprint density at radius 1 is 0.811 bits per heavy atom. The van der Waals surface area contributed by atoms with Crippen LogP contribution < -0.4 is 0 Å². The fraction of sp³-hybridized carbons (Fsp3) is 0.429. The van der Waals surface area contributed by atoms with Crippen molar-refractivity contribution in [3.05, 3.63) is 61.4 Å². The first-order chi connectivity index (χ1) is 17.9. The van der Waals surface area contributed by atoms with Crippen LogP contribution in [0.5, 0.6) is 0 Å². The lowest BCUT2D eigenvalue weighted by Gasteiger charge is -2.41. The van der Waals surface area contributed by atoms with Gasteiger partial charge in [-0.15, -0.1) is 0 Å². The summed E-state index contributed by atoms with van der Waals surface area (Å²) in [6, 6.07) is 8.78. The highest BCUT2D eigenvalue weighted by Crippen LogP contribution is 2.36. The predicted octanol–water partition coefficient (Wildman–Crippen LogP) is 5.62. The van der Waals surface area contributed by atoms with Crippen molar-refractivity contribution in [3.8, 4) is 33.6 Å². The molecule has 2 aliphatic rings. The van der Waals surface area contributed by atoms with Gasteiger partial charge in [-0.25, -0.2) is 18.7 Å². The van der Waals surface area contributed by atoms with Gasteiger partial charge in [0.2, 0.25) is 0 Å². The van der Waals surface area contributed by atoms with Gasteiger partial charge in [-0.2, -0.15) is 10.2 Å². The van der Waals surface area contributed by atoms with E-state index in [2.05, 4.69) is 43.4 Å². The molecule has 0 bridgehead atoms. The first kappa shape index (κ1) is 23.9. The summed E-state index contributed by atoms with van der Waals surface area (Å²) >= 11 is 0. The second kappa shape index (κ2) is 9.78. The third-order valence-electron chi connectivity index (χ3n) is 7.78. The summed E-state index contributed by atoms with van der Waals surface area (Å²) in [5, 5.41) is 8.92. The first-order valence-electron chi connectivity index (χ1n) is 13.0. The minimum absolute atomic E-state index is 0.0240. The molecule has 9 heteroatoms. The summed E-state index contributed by atoms with van der Waals surface area (Å²) in [6.45, 7) is 0.979. The van der Waals surface area contributed by atoms with Crippen molar-refractivity contribution in [2.45, 2.75) is 56.5 Å². The van der Waals surface area contributed by atoms with Gasteiger partial charge in [0.1, 0.15) is 0 Å². The van der Waals surface area contributed by atoms with Crippen LogP contribution in [-0.4, -0.2) is 59.5 Å². The van der Waals surface area contributed by atoms with Gasteiger partial charge in [0.25, 0.3) is 5.92 Å². The van der Waals surface area contributed by atoms with Crippen LogP contribution in [-0.2, 0) is 7.05 Å². The molecule has 192 valence electrons. The van der Waals surface area contributed by atoms with Gasteiger partial charge in [-0.1, -0.05) is 18.2 Å². The monoisotopic (exact) mass is 503 g/mol. The Morgan fingerprint density at radius 2 is 1.51 bits per heavy atom. The Labute approximate surface area is 215 Å². The van der Waals surface area contributed by atoms with E-state index >= 15 is 0 Å². The van der Waals surface area contributed by atoms with E-state index in [0.29, 0.717) is 25.0 Å². The van der Waals surface area contributed by atoms with E-state index in [4.69, 9.17) is 0 Å². The minimum atomic E-state index is -2.50. The number of aromatic nitrogens is 6. The van der Waals surface area contributed by atoms with Crippen molar-refractivity contribution in [2.24, 2.45) is 7.05 Å². The molecule has 7 nitrogen and oxygen atoms in total. The van der Waals surface area contributed by atoms with Gasteiger partial charge in [0.15, 0.2) is 5.82 Å². The van der Waals surface area contributed by atoms with Gasteiger partial charge in [0.05, 0.1) is 18.4 Å². The highest BCUT2D eigenvalue weighted by molar-refractivity contribution is 5.70. The topological polar surface area (TPSA) is 64.7 Å². The van der Waals surface area contributed by atoms with Gasteiger partial charge in [-0.3, -0.25) is 14.3 Å². The molecule has 0 spiro atoms. The quantitative estimate of drug-likeness (QED) is 0.354. The number of halogens is 2. The summed E-state index contributed by atoms with van der Waals surface area (Å²) in [5.74, 6) is -1.83. The minimum Gasteiger partial charge on any atom is -0.300 e. The smallest absolute Gasteiger partial charge is 0.250 e. The molecule has 2 fully saturated rings. The maximum atomic E-state index is 13.6. The molecule has 1 saturated heterocycles. The number of hydrogen-bond acceptors (Lipinski definition) is 5. The first-order valence-corrected chi connectivity index (χ1v) is 13.0. The average molecular weight is 504 g/mol. The molecule has 4 heterocycles. The van der Waals surface area contributed by atoms with Crippen LogP contribution in [0.2, 0.25) is 0 Å². The number of likely N-dealkylation sites (tertiary alicyclic amines) is 1. The van der Waals surface area contributed by atoms with Gasteiger partial charge in [0, 0.05) is 86.1 Å². The Bertz CT molecular complexity index is 1350. The molecule has 0 N–H and O–H groups in total. The summed E-state index contributed by atoms with van der Waals surface area (Å²) < 4.78 is 31.0. The standard InChI is InChI=1S/C28H31F2N7/c1-35-18-23(16-33-35)20-4-2-5-21(12-20)27-31-14-22(15-32-27)24-17-34-37(19-24)26-7-3-6-25(13-26)36-10-8-28(29,30)9-11-36/h2,4-5,12,14-19,25-26H,3,6-11,13H2,1H3. The van der Waals surface area contributed by atoms with E-state index in [-0.39, 0.29) is 18.9 Å². The molecular formula is C28H31F2N7. The molecule has 1 aliphatic heterocycles. The second-order valence-corrected chi connectivity index (χ2v) is 10.4. The summed E-state index contributed by atoms with van der Waals surface area (Å²) in [4.78, 5) is 11.5. The zero-order valence-corrected chi connectivity index (χ0v) is 21.0. The number of piperidine rings is 1. The Kier molecular flexibility index (Phi) is 6.32. The molecule has 1 aliphatic carbocycles. The molecule has 2 unspecified atom stereocenters. The summed E-state index contributed by atoms with van der Waals surface area (Å²) in [6.07, 6.45) is 15.6. The fourth-order valence-electron chi connectivity index (χ4n) is 5.65. The zero-order valence-electron chi connectivity index (χ0n) is 21.0. The van der Waals surface area contributed by atoms with E-state index < -0.39 is 5.92 Å². The Balaban J connectivity index is 1.14. The van der Waals surface area contributed by atoms with Crippen LogP contribution in [0, 0.1) is 0 Å². The molecule has 6 rings (SSSR count). The van der Waals surface area contributed by atoms with Crippen LogP contribution in [0.1, 0.15) is 44.6 Å². The van der Waals surface area contributed by atoms with Crippen LogP contribution in [0.4, 0.5) is 8.78 Å². The van der Waals surface area contributed by atoms with Crippen LogP contribution in [0.15, 0.2) is 61.4 Å². The summed E-state index contributed by atoms with van der Waals surface area (Å²) in [7, 11) is 1.90. The Hall–Kier alpha value is -3.46. The number of benzene rings is 1. The van der Waals surface area contributed by atoms with Crippen LogP contribution in [0.25, 0.3) is 33.6 Å². The molecule has 1 aromatic carbocycles. The highest BCUT2D eigenvalue weighted by Gasteiger charge is 2.37. The molecule has 0 radical (unpaired) electrons. The van der Waals surface area contributed by atoms with Crippen molar-refractivity contribution in [1.82, 2.24) is 34.4 Å². The van der Waals surface area contributed by atoms with Crippen molar-refractivity contribution >= 4 is 0 Å². The number of rotatable bonds is 5. The number of nitrogens with zero attached hydrogens (tertiary/aromatic N) is 7. The van der Waals surface area contributed by atoms with E-state index in [9.17, 15) is 8.78 Å². The maximum absolute atomic E-state index is 13.6. The van der Waals surface area contributed by atoms with E-state index in [0.717, 1.165) is 53.5 Å². The van der Waals surface area contributed by atoms with E-state index in [1.807, 2.05) is 54.8 Å². The van der Waals surface area contributed by atoms with Crippen molar-refractivity contribution in [1.29, 1.82) is 0 Å². The lowest BCUT2D eigenvalue weighted by atomic mass is 9.88. The lowest BCUT2D eigenvalue weighted by Crippen LogP contribution is -2.46. The maximum Gasteiger partial charge on any atom is 0.250 e. The molecule has 3 aromatic heterocycles. The predicted molar refractivity (Wildman–Crippen MR) is 138 cm³/mol. The number of alkyl halides is 2. The lowest BCUT2D eigenvalue weighted by molar-refractivity contribution is -0.0671. The van der Waals surface area contributed by atoms with Gasteiger partial charge >= 0.3 is 0 Å². The number of hydrogen-bond donors (Lipinski definition) is 0. The molecule has 1 saturated carbocycles. The van der Waals surface area contributed by atoms with Crippen LogP contribution >= 0.6 is 0 Å². The molecular weight excluding hydrogens is 472 g/mol. The third-order valence-corrected chi connectivity index (χ3v) is 7.78. The normalized spacial score (nSPS) is 22.2. The number of aryl methyl sites for hydroxylation is 1. The van der Waals surface area contributed by atoms with Crippen molar-refractivity contribution in [2.75, 3.05) is 13.1 Å². The molecule has 4 aromatic rings. The van der Waals surface area contributed by atoms with E-state index in [1.54, 1.807) is 4.68 Å². The van der Waals surface area contributed by atoms with Gasteiger partial charge in [-0.05, 0) is 37.3 Å². The third kappa shape index (κ3) is 5.18. The second-order valence-electron chi connectivity index (χ2n) is 10.4. The summed E-state index contributed by atoms with van der Waals surface area (Å²) in [5.41, 5.74) is 4.98. The van der Waals surface area contributed by atoms with Crippen molar-refractivity contribution in [3.63, 3.8) is 0 Å². The molecule has 2 atom stereocenters. The van der Waals surface area contributed by atoms with Gasteiger partial charge < -0.3 is 0 Å². The SMILES string of the molecule is Cn1cc(-c2cccc(-c3ncc(-c4cnn(C5CCCC(N6CCC(F)(F)CC6)C5)c4)cn3)c2)cn1.